The Bertz CT molecular complexity index is 1120. The number of rotatable bonds is 5. The highest BCUT2D eigenvalue weighted by molar-refractivity contribution is 9.10. The summed E-state index contributed by atoms with van der Waals surface area (Å²) in [6.07, 6.45) is 0. The number of hydrogen-bond acceptors (Lipinski definition) is 8. The molecule has 3 aromatic rings. The van der Waals surface area contributed by atoms with Gasteiger partial charge in [-0.15, -0.1) is 10.2 Å². The molecular formula is C15H12BrN5O4S2. The van der Waals surface area contributed by atoms with Gasteiger partial charge in [-0.2, -0.15) is 0 Å². The van der Waals surface area contributed by atoms with Crippen molar-refractivity contribution in [1.82, 2.24) is 10.2 Å². The van der Waals surface area contributed by atoms with Crippen LogP contribution in [0.15, 0.2) is 51.8 Å². The van der Waals surface area contributed by atoms with Gasteiger partial charge >= 0.3 is 0 Å². The Morgan fingerprint density at radius 2 is 1.85 bits per heavy atom. The minimum atomic E-state index is -4.05. The average molecular weight is 470 g/mol. The second-order valence-corrected chi connectivity index (χ2v) is 8.84. The first-order chi connectivity index (χ1) is 12.7. The average Bonchev–Trinajstić information content (AvgIpc) is 3.10. The van der Waals surface area contributed by atoms with Crippen molar-refractivity contribution < 1.29 is 13.3 Å². The molecular weight excluding hydrogens is 458 g/mol. The molecule has 3 rings (SSSR count). The van der Waals surface area contributed by atoms with E-state index in [2.05, 4.69) is 26.1 Å². The number of anilines is 2. The summed E-state index contributed by atoms with van der Waals surface area (Å²) < 4.78 is 23.9. The number of aromatic nitrogens is 2. The van der Waals surface area contributed by atoms with E-state index in [0.717, 1.165) is 16.1 Å². The molecule has 27 heavy (non-hydrogen) atoms. The predicted molar refractivity (Wildman–Crippen MR) is 106 cm³/mol. The zero-order valence-corrected chi connectivity index (χ0v) is 17.0. The highest BCUT2D eigenvalue weighted by atomic mass is 79.9. The van der Waals surface area contributed by atoms with Gasteiger partial charge in [-0.25, -0.2) is 13.6 Å². The third-order valence-corrected chi connectivity index (χ3v) is 6.11. The molecule has 0 saturated heterocycles. The zero-order chi connectivity index (χ0) is 19.8. The molecule has 0 spiro atoms. The second kappa shape index (κ2) is 7.31. The first kappa shape index (κ1) is 19.4. The quantitative estimate of drug-likeness (QED) is 0.447. The molecule has 0 radical (unpaired) electrons. The standard InChI is InChI=1S/C15H12BrN5O4S2/c1-20(12-7-6-11(27(17,24)25)8-13(12)21(22)23)15-19-18-14(26-15)9-2-4-10(16)5-3-9/h2-8H,1H3,(H2,17,24,25). The lowest BCUT2D eigenvalue weighted by Gasteiger charge is -2.15. The van der Waals surface area contributed by atoms with Crippen molar-refractivity contribution in [2.24, 2.45) is 5.14 Å². The number of nitrogens with zero attached hydrogens (tertiary/aromatic N) is 4. The largest absolute Gasteiger partial charge is 0.314 e. The number of nitrogens with two attached hydrogens (primary N) is 1. The highest BCUT2D eigenvalue weighted by Crippen LogP contribution is 2.37. The van der Waals surface area contributed by atoms with Crippen LogP contribution in [-0.2, 0) is 10.0 Å². The number of sulfonamides is 1. The molecule has 0 unspecified atom stereocenters. The van der Waals surface area contributed by atoms with Crippen molar-refractivity contribution >= 4 is 53.8 Å². The fourth-order valence-electron chi connectivity index (χ4n) is 2.27. The topological polar surface area (TPSA) is 132 Å². The number of benzene rings is 2. The van der Waals surface area contributed by atoms with Crippen LogP contribution in [0.3, 0.4) is 0 Å². The van der Waals surface area contributed by atoms with E-state index in [1.54, 1.807) is 7.05 Å². The lowest BCUT2D eigenvalue weighted by Crippen LogP contribution is -2.15. The molecule has 0 aliphatic carbocycles. The lowest BCUT2D eigenvalue weighted by atomic mass is 10.2. The van der Waals surface area contributed by atoms with Crippen molar-refractivity contribution in [3.63, 3.8) is 0 Å². The first-order valence-corrected chi connectivity index (χ1v) is 10.5. The van der Waals surface area contributed by atoms with E-state index >= 15 is 0 Å². The summed E-state index contributed by atoms with van der Waals surface area (Å²) in [5.41, 5.74) is 0.629. The second-order valence-electron chi connectivity index (χ2n) is 5.41. The maximum Gasteiger partial charge on any atom is 0.294 e. The summed E-state index contributed by atoms with van der Waals surface area (Å²) in [6, 6.07) is 10.9. The molecule has 1 heterocycles. The maximum atomic E-state index is 11.5. The molecule has 0 saturated carbocycles. The summed E-state index contributed by atoms with van der Waals surface area (Å²) in [5.74, 6) is 0. The van der Waals surface area contributed by atoms with E-state index in [-0.39, 0.29) is 10.6 Å². The van der Waals surface area contributed by atoms with E-state index in [9.17, 15) is 18.5 Å². The van der Waals surface area contributed by atoms with E-state index in [4.69, 9.17) is 5.14 Å². The minimum Gasteiger partial charge on any atom is -0.314 e. The van der Waals surface area contributed by atoms with Crippen LogP contribution in [-0.4, -0.2) is 30.6 Å². The van der Waals surface area contributed by atoms with Gasteiger partial charge in [0, 0.05) is 23.2 Å². The van der Waals surface area contributed by atoms with E-state index in [1.165, 1.54) is 28.4 Å². The molecule has 9 nitrogen and oxygen atoms in total. The van der Waals surface area contributed by atoms with Crippen molar-refractivity contribution in [3.8, 4) is 10.6 Å². The number of hydrogen-bond donors (Lipinski definition) is 1. The Morgan fingerprint density at radius 3 is 2.44 bits per heavy atom. The fraction of sp³-hybridized carbons (Fsp3) is 0.0667. The molecule has 2 N–H and O–H groups in total. The van der Waals surface area contributed by atoms with Crippen molar-refractivity contribution in [2.75, 3.05) is 11.9 Å². The van der Waals surface area contributed by atoms with Gasteiger partial charge < -0.3 is 4.90 Å². The predicted octanol–water partition coefficient (Wildman–Crippen LogP) is 3.29. The van der Waals surface area contributed by atoms with Crippen LogP contribution in [0.25, 0.3) is 10.6 Å². The van der Waals surface area contributed by atoms with Crippen LogP contribution in [0.1, 0.15) is 0 Å². The Labute approximate surface area is 166 Å². The monoisotopic (exact) mass is 469 g/mol. The van der Waals surface area contributed by atoms with Crippen LogP contribution in [0.5, 0.6) is 0 Å². The normalized spacial score (nSPS) is 11.4. The summed E-state index contributed by atoms with van der Waals surface area (Å²) >= 11 is 4.61. The van der Waals surface area contributed by atoms with Gasteiger partial charge in [-0.1, -0.05) is 39.4 Å². The van der Waals surface area contributed by atoms with Gasteiger partial charge in [0.1, 0.15) is 10.7 Å². The van der Waals surface area contributed by atoms with Gasteiger partial charge in [0.15, 0.2) is 0 Å². The van der Waals surface area contributed by atoms with Crippen molar-refractivity contribution in [2.45, 2.75) is 4.90 Å². The third-order valence-electron chi connectivity index (χ3n) is 3.63. The van der Waals surface area contributed by atoms with E-state index in [0.29, 0.717) is 10.1 Å². The maximum absolute atomic E-state index is 11.5. The lowest BCUT2D eigenvalue weighted by molar-refractivity contribution is -0.384. The first-order valence-electron chi connectivity index (χ1n) is 7.31. The molecule has 0 fully saturated rings. The van der Waals surface area contributed by atoms with Crippen LogP contribution in [0.2, 0.25) is 0 Å². The smallest absolute Gasteiger partial charge is 0.294 e. The summed E-state index contributed by atoms with van der Waals surface area (Å²) in [6.45, 7) is 0. The van der Waals surface area contributed by atoms with Gasteiger partial charge in [-0.3, -0.25) is 10.1 Å². The number of primary sulfonamides is 1. The SMILES string of the molecule is CN(c1nnc(-c2ccc(Br)cc2)s1)c1ccc(S(N)(=O)=O)cc1[N+](=O)[O-]. The Kier molecular flexibility index (Phi) is 5.24. The number of nitro groups is 1. The molecule has 12 heteroatoms. The van der Waals surface area contributed by atoms with Crippen LogP contribution < -0.4 is 10.0 Å². The molecule has 0 atom stereocenters. The van der Waals surface area contributed by atoms with E-state index in [1.807, 2.05) is 24.3 Å². The van der Waals surface area contributed by atoms with Gasteiger partial charge in [0.05, 0.1) is 9.82 Å². The number of nitro benzene ring substituents is 1. The molecule has 2 aromatic carbocycles. The highest BCUT2D eigenvalue weighted by Gasteiger charge is 2.24. The minimum absolute atomic E-state index is 0.172. The number of halogens is 1. The summed E-state index contributed by atoms with van der Waals surface area (Å²) in [4.78, 5) is 11.9. The molecule has 1 aromatic heterocycles. The third kappa shape index (κ3) is 4.13. The van der Waals surface area contributed by atoms with Crippen LogP contribution >= 0.6 is 27.3 Å². The molecule has 0 bridgehead atoms. The molecule has 0 aliphatic heterocycles. The molecule has 140 valence electrons. The molecule has 0 amide bonds. The Hall–Kier alpha value is -2.41. The van der Waals surface area contributed by atoms with Gasteiger partial charge in [-0.05, 0) is 24.3 Å². The summed E-state index contributed by atoms with van der Waals surface area (Å²) in [5, 5.41) is 25.7. The van der Waals surface area contributed by atoms with Crippen LogP contribution in [0, 0.1) is 10.1 Å². The Balaban J connectivity index is 2.00. The van der Waals surface area contributed by atoms with Crippen LogP contribution in [0.4, 0.5) is 16.5 Å². The molecule has 0 aliphatic rings. The fourth-order valence-corrected chi connectivity index (χ4v) is 3.90. The Morgan fingerprint density at radius 1 is 1.19 bits per heavy atom. The summed E-state index contributed by atoms with van der Waals surface area (Å²) in [7, 11) is -2.47. The van der Waals surface area contributed by atoms with Crippen molar-refractivity contribution in [1.29, 1.82) is 0 Å². The van der Waals surface area contributed by atoms with E-state index < -0.39 is 20.6 Å². The van der Waals surface area contributed by atoms with Gasteiger partial charge in [0.25, 0.3) is 5.69 Å². The van der Waals surface area contributed by atoms with Gasteiger partial charge in [0.2, 0.25) is 15.2 Å². The van der Waals surface area contributed by atoms with Crippen molar-refractivity contribution in [3.05, 3.63) is 57.1 Å². The zero-order valence-electron chi connectivity index (χ0n) is 13.7.